The molecule has 0 aromatic heterocycles. The topological polar surface area (TPSA) is 67.4 Å². The summed E-state index contributed by atoms with van der Waals surface area (Å²) < 4.78 is 6.41. The van der Waals surface area contributed by atoms with Gasteiger partial charge < -0.3 is 15.4 Å². The molecule has 0 saturated carbocycles. The van der Waals surface area contributed by atoms with Crippen molar-refractivity contribution in [3.8, 4) is 5.75 Å². The number of rotatable bonds is 7. The van der Waals surface area contributed by atoms with Crippen LogP contribution in [-0.4, -0.2) is 24.5 Å². The van der Waals surface area contributed by atoms with Crippen LogP contribution in [0.3, 0.4) is 0 Å². The van der Waals surface area contributed by atoms with Gasteiger partial charge in [-0.25, -0.2) is 0 Å². The van der Waals surface area contributed by atoms with Gasteiger partial charge in [0.05, 0.1) is 15.7 Å². The fraction of sp³-hybridized carbons (Fsp3) is 0.333. The van der Waals surface area contributed by atoms with E-state index in [0.29, 0.717) is 22.9 Å². The van der Waals surface area contributed by atoms with Gasteiger partial charge in [-0.15, -0.1) is 0 Å². The molecule has 6 heteroatoms. The van der Waals surface area contributed by atoms with Crippen molar-refractivity contribution in [3.63, 3.8) is 0 Å². The van der Waals surface area contributed by atoms with E-state index in [1.165, 1.54) is 5.56 Å². The van der Waals surface area contributed by atoms with Crippen molar-refractivity contribution in [1.29, 1.82) is 0 Å². The second-order valence-electron chi connectivity index (χ2n) is 6.86. The maximum absolute atomic E-state index is 12.3. The first kappa shape index (κ1) is 21.0. The van der Waals surface area contributed by atoms with Crippen LogP contribution in [0.1, 0.15) is 49.5 Å². The van der Waals surface area contributed by atoms with Crippen LogP contribution in [0.2, 0.25) is 0 Å². The number of benzene rings is 2. The maximum atomic E-state index is 12.3. The van der Waals surface area contributed by atoms with Crippen LogP contribution >= 0.6 is 15.9 Å². The monoisotopic (exact) mass is 432 g/mol. The molecule has 2 amide bonds. The molecule has 0 fully saturated rings. The van der Waals surface area contributed by atoms with Gasteiger partial charge >= 0.3 is 0 Å². The normalized spacial score (nSPS) is 10.8. The fourth-order valence-electron chi connectivity index (χ4n) is 2.45. The number of halogens is 1. The molecule has 2 aromatic rings. The minimum absolute atomic E-state index is 0.00996. The van der Waals surface area contributed by atoms with Gasteiger partial charge in [-0.05, 0) is 65.5 Å². The molecule has 5 nitrogen and oxygen atoms in total. The quantitative estimate of drug-likeness (QED) is 0.664. The predicted molar refractivity (Wildman–Crippen MR) is 111 cm³/mol. The van der Waals surface area contributed by atoms with Crippen LogP contribution in [0.5, 0.6) is 5.75 Å². The van der Waals surface area contributed by atoms with Crippen LogP contribution in [0.4, 0.5) is 5.69 Å². The average Bonchev–Trinajstić information content (AvgIpc) is 2.60. The molecule has 0 spiro atoms. The number of carbonyl (C=O) groups excluding carboxylic acids is 2. The summed E-state index contributed by atoms with van der Waals surface area (Å²) >= 11 is 3.48. The highest BCUT2D eigenvalue weighted by Gasteiger charge is 2.14. The summed E-state index contributed by atoms with van der Waals surface area (Å²) in [6.45, 7) is 7.84. The summed E-state index contributed by atoms with van der Waals surface area (Å²) in [6, 6.07) is 12.7. The lowest BCUT2D eigenvalue weighted by Gasteiger charge is -2.14. The molecule has 0 saturated heterocycles. The highest BCUT2D eigenvalue weighted by atomic mass is 79.9. The molecular weight excluding hydrogens is 408 g/mol. The average molecular weight is 433 g/mol. The zero-order chi connectivity index (χ0) is 20.0. The number of nitrogens with one attached hydrogen (secondary N) is 2. The van der Waals surface area contributed by atoms with E-state index >= 15 is 0 Å². The Labute approximate surface area is 168 Å². The Morgan fingerprint density at radius 3 is 2.41 bits per heavy atom. The Morgan fingerprint density at radius 2 is 1.78 bits per heavy atom. The molecule has 27 heavy (non-hydrogen) atoms. The van der Waals surface area contributed by atoms with Crippen LogP contribution in [0.15, 0.2) is 46.9 Å². The number of hydrogen-bond acceptors (Lipinski definition) is 3. The van der Waals surface area contributed by atoms with E-state index in [4.69, 9.17) is 4.74 Å². The first-order valence-corrected chi connectivity index (χ1v) is 9.69. The number of para-hydroxylation sites is 1. The van der Waals surface area contributed by atoms with E-state index in [1.807, 2.05) is 32.0 Å². The zero-order valence-corrected chi connectivity index (χ0v) is 17.6. The molecule has 0 aliphatic heterocycles. The Balaban J connectivity index is 2.02. The number of carbonyl (C=O) groups is 2. The summed E-state index contributed by atoms with van der Waals surface area (Å²) in [5.74, 6) is 0.445. The number of amides is 2. The molecule has 0 aliphatic carbocycles. The zero-order valence-electron chi connectivity index (χ0n) is 16.0. The summed E-state index contributed by atoms with van der Waals surface area (Å²) in [4.78, 5) is 24.6. The van der Waals surface area contributed by atoms with Crippen LogP contribution in [-0.2, 0) is 4.79 Å². The predicted octanol–water partition coefficient (Wildman–Crippen LogP) is 4.73. The SMILES string of the molecule is CC(C)NC(=O)c1ccccc1NC(=O)COc1ccc(C(C)C)cc1Br. The molecule has 2 aromatic carbocycles. The van der Waals surface area contributed by atoms with Crippen LogP contribution in [0, 0.1) is 0 Å². The van der Waals surface area contributed by atoms with Crippen molar-refractivity contribution in [2.75, 3.05) is 11.9 Å². The van der Waals surface area contributed by atoms with E-state index in [0.717, 1.165) is 4.47 Å². The highest BCUT2D eigenvalue weighted by molar-refractivity contribution is 9.10. The van der Waals surface area contributed by atoms with E-state index in [1.54, 1.807) is 24.3 Å². The lowest BCUT2D eigenvalue weighted by atomic mass is 10.0. The first-order valence-electron chi connectivity index (χ1n) is 8.90. The minimum Gasteiger partial charge on any atom is -0.483 e. The third-order valence-electron chi connectivity index (χ3n) is 3.85. The van der Waals surface area contributed by atoms with Gasteiger partial charge in [0, 0.05) is 6.04 Å². The lowest BCUT2D eigenvalue weighted by molar-refractivity contribution is -0.118. The van der Waals surface area contributed by atoms with E-state index in [9.17, 15) is 9.59 Å². The lowest BCUT2D eigenvalue weighted by Crippen LogP contribution is -2.31. The third kappa shape index (κ3) is 6.10. The molecule has 144 valence electrons. The highest BCUT2D eigenvalue weighted by Crippen LogP contribution is 2.29. The summed E-state index contributed by atoms with van der Waals surface area (Å²) in [5.41, 5.74) is 2.06. The van der Waals surface area contributed by atoms with Gasteiger partial charge in [-0.1, -0.05) is 32.0 Å². The number of anilines is 1. The van der Waals surface area contributed by atoms with Crippen molar-refractivity contribution in [2.24, 2.45) is 0 Å². The van der Waals surface area contributed by atoms with Gasteiger partial charge in [-0.2, -0.15) is 0 Å². The molecule has 0 bridgehead atoms. The first-order chi connectivity index (χ1) is 12.8. The second kappa shape index (κ2) is 9.55. The van der Waals surface area contributed by atoms with E-state index in [-0.39, 0.29) is 24.5 Å². The molecule has 0 radical (unpaired) electrons. The summed E-state index contributed by atoms with van der Waals surface area (Å²) in [5, 5.41) is 5.57. The van der Waals surface area contributed by atoms with Gasteiger partial charge in [0.25, 0.3) is 11.8 Å². The van der Waals surface area contributed by atoms with Gasteiger partial charge in [0.1, 0.15) is 5.75 Å². The molecule has 0 unspecified atom stereocenters. The molecule has 0 aliphatic rings. The molecule has 0 atom stereocenters. The van der Waals surface area contributed by atoms with Crippen LogP contribution < -0.4 is 15.4 Å². The Hall–Kier alpha value is -2.34. The van der Waals surface area contributed by atoms with Crippen molar-refractivity contribution in [2.45, 2.75) is 39.7 Å². The summed E-state index contributed by atoms with van der Waals surface area (Å²) in [7, 11) is 0. The Kier molecular flexibility index (Phi) is 7.42. The van der Waals surface area contributed by atoms with E-state index in [2.05, 4.69) is 40.4 Å². The Morgan fingerprint density at radius 1 is 1.07 bits per heavy atom. The minimum atomic E-state index is -0.334. The fourth-order valence-corrected chi connectivity index (χ4v) is 2.96. The largest absolute Gasteiger partial charge is 0.483 e. The number of hydrogen-bond donors (Lipinski definition) is 2. The number of ether oxygens (including phenoxy) is 1. The Bertz CT molecular complexity index is 819. The molecular formula is C21H25BrN2O3. The van der Waals surface area contributed by atoms with Crippen molar-refractivity contribution < 1.29 is 14.3 Å². The van der Waals surface area contributed by atoms with Crippen LogP contribution in [0.25, 0.3) is 0 Å². The van der Waals surface area contributed by atoms with Crippen molar-refractivity contribution in [1.82, 2.24) is 5.32 Å². The van der Waals surface area contributed by atoms with Gasteiger partial charge in [0.15, 0.2) is 6.61 Å². The van der Waals surface area contributed by atoms with Gasteiger partial charge in [0.2, 0.25) is 0 Å². The van der Waals surface area contributed by atoms with E-state index < -0.39 is 0 Å². The maximum Gasteiger partial charge on any atom is 0.262 e. The standard InChI is InChI=1S/C21H25BrN2O3/c1-13(2)15-9-10-19(17(22)11-15)27-12-20(25)24-18-8-6-5-7-16(18)21(26)23-14(3)4/h5-11,13-14H,12H2,1-4H3,(H,23,26)(H,24,25). The van der Waals surface area contributed by atoms with Crippen molar-refractivity contribution >= 4 is 33.4 Å². The summed E-state index contributed by atoms with van der Waals surface area (Å²) in [6.07, 6.45) is 0. The van der Waals surface area contributed by atoms with Gasteiger partial charge in [-0.3, -0.25) is 9.59 Å². The second-order valence-corrected chi connectivity index (χ2v) is 7.71. The van der Waals surface area contributed by atoms with Crippen molar-refractivity contribution in [3.05, 3.63) is 58.1 Å². The molecule has 0 heterocycles. The molecule has 2 rings (SSSR count). The third-order valence-corrected chi connectivity index (χ3v) is 4.47. The smallest absolute Gasteiger partial charge is 0.262 e. The molecule has 2 N–H and O–H groups in total.